The van der Waals surface area contributed by atoms with Crippen LogP contribution in [0.1, 0.15) is 175 Å². The number of amides is 1. The molecule has 1 heterocycles. The second kappa shape index (κ2) is 29.3. The molecule has 0 aromatic rings. The highest BCUT2D eigenvalue weighted by Gasteiger charge is 2.38. The summed E-state index contributed by atoms with van der Waals surface area (Å²) in [4.78, 5) is 42.4. The Morgan fingerprint density at radius 2 is 1.02 bits per heavy atom. The smallest absolute Gasteiger partial charge is 0.305 e. The fourth-order valence-corrected chi connectivity index (χ4v) is 6.51. The van der Waals surface area contributed by atoms with Gasteiger partial charge in [-0.3, -0.25) is 14.4 Å². The lowest BCUT2D eigenvalue weighted by molar-refractivity contribution is -0.158. The predicted octanol–water partition coefficient (Wildman–Crippen LogP) is 8.62. The fourth-order valence-electron chi connectivity index (χ4n) is 6.51. The van der Waals surface area contributed by atoms with Crippen LogP contribution in [0.15, 0.2) is 0 Å². The van der Waals surface area contributed by atoms with Crippen molar-refractivity contribution >= 4 is 17.8 Å². The van der Waals surface area contributed by atoms with E-state index in [4.69, 9.17) is 9.47 Å². The molecule has 0 bridgehead atoms. The van der Waals surface area contributed by atoms with Gasteiger partial charge < -0.3 is 24.4 Å². The van der Waals surface area contributed by atoms with E-state index in [-0.39, 0.29) is 37.7 Å². The third-order valence-electron chi connectivity index (χ3n) is 9.95. The van der Waals surface area contributed by atoms with Crippen molar-refractivity contribution in [1.29, 1.82) is 0 Å². The predicted molar refractivity (Wildman–Crippen MR) is 192 cm³/mol. The molecule has 1 amide bonds. The molecule has 0 saturated carbocycles. The molecule has 1 rings (SSSR count). The largest absolute Gasteiger partial charge is 0.465 e. The van der Waals surface area contributed by atoms with Crippen LogP contribution in [0.2, 0.25) is 0 Å². The molecule has 0 unspecified atom stereocenters. The third-order valence-corrected chi connectivity index (χ3v) is 9.95. The van der Waals surface area contributed by atoms with Crippen LogP contribution < -0.4 is 0 Å². The van der Waals surface area contributed by atoms with E-state index >= 15 is 0 Å². The quantitative estimate of drug-likeness (QED) is 0.0585. The summed E-state index contributed by atoms with van der Waals surface area (Å²) in [6, 6.07) is 0. The van der Waals surface area contributed by atoms with Crippen LogP contribution >= 0.6 is 0 Å². The molecule has 0 aliphatic carbocycles. The van der Waals surface area contributed by atoms with E-state index < -0.39 is 5.41 Å². The van der Waals surface area contributed by atoms with Crippen LogP contribution in [0.25, 0.3) is 0 Å². The number of aliphatic hydroxyl groups excluding tert-OH is 1. The first-order valence-corrected chi connectivity index (χ1v) is 19.8. The van der Waals surface area contributed by atoms with Crippen molar-refractivity contribution in [3.63, 3.8) is 0 Å². The van der Waals surface area contributed by atoms with Crippen LogP contribution in [-0.4, -0.2) is 85.3 Å². The summed E-state index contributed by atoms with van der Waals surface area (Å²) in [7, 11) is 0. The average Bonchev–Trinajstić information content (AvgIpc) is 3.08. The number of carbonyl (C=O) groups is 3. The zero-order chi connectivity index (χ0) is 34.4. The van der Waals surface area contributed by atoms with E-state index in [2.05, 4.69) is 25.7 Å². The van der Waals surface area contributed by atoms with Gasteiger partial charge in [-0.15, -0.1) is 0 Å². The van der Waals surface area contributed by atoms with Gasteiger partial charge in [0.1, 0.15) is 13.2 Å². The van der Waals surface area contributed by atoms with Crippen LogP contribution in [0, 0.1) is 5.41 Å². The maximum Gasteiger partial charge on any atom is 0.305 e. The Balaban J connectivity index is 2.50. The number of aliphatic hydroxyl groups is 1. The van der Waals surface area contributed by atoms with Gasteiger partial charge in [0.25, 0.3) is 0 Å². The number of nitrogens with zero attached hydrogens (tertiary/aromatic N) is 2. The van der Waals surface area contributed by atoms with E-state index in [1.54, 1.807) is 0 Å². The Morgan fingerprint density at radius 3 is 1.43 bits per heavy atom. The van der Waals surface area contributed by atoms with E-state index in [1.807, 2.05) is 4.90 Å². The lowest BCUT2D eigenvalue weighted by Crippen LogP contribution is -2.47. The molecule has 1 saturated heterocycles. The second-order valence-electron chi connectivity index (χ2n) is 14.1. The average molecular weight is 667 g/mol. The monoisotopic (exact) mass is 667 g/mol. The van der Waals surface area contributed by atoms with Crippen molar-refractivity contribution in [2.24, 2.45) is 5.41 Å². The molecule has 1 N–H and O–H groups in total. The summed E-state index contributed by atoms with van der Waals surface area (Å²) in [5, 5.41) is 9.21. The van der Waals surface area contributed by atoms with Gasteiger partial charge in [-0.2, -0.15) is 0 Å². The van der Waals surface area contributed by atoms with Crippen molar-refractivity contribution in [3.05, 3.63) is 0 Å². The number of piperidine rings is 1. The van der Waals surface area contributed by atoms with Crippen molar-refractivity contribution in [2.75, 3.05) is 52.5 Å². The van der Waals surface area contributed by atoms with E-state index in [1.165, 1.54) is 89.9 Å². The molecule has 276 valence electrons. The molecule has 0 spiro atoms. The van der Waals surface area contributed by atoms with Gasteiger partial charge in [-0.25, -0.2) is 0 Å². The number of carbonyl (C=O) groups excluding carboxylic acids is 3. The first kappa shape index (κ1) is 43.4. The summed E-state index contributed by atoms with van der Waals surface area (Å²) in [6.45, 7) is 10.6. The van der Waals surface area contributed by atoms with Crippen LogP contribution in [-0.2, 0) is 23.9 Å². The maximum atomic E-state index is 13.0. The Hall–Kier alpha value is -1.67. The molecule has 0 aromatic heterocycles. The van der Waals surface area contributed by atoms with Crippen molar-refractivity contribution in [3.8, 4) is 0 Å². The number of rotatable bonds is 31. The van der Waals surface area contributed by atoms with Gasteiger partial charge in [0.2, 0.25) is 5.91 Å². The SMILES string of the molecule is CCCCCCCCCCCC(=O)OCC1(COC(=O)CCCCCCCCCCC)CCN(C(=O)CCCN(CC)CCO)CC1. The normalized spacial score (nSPS) is 14.4. The Labute approximate surface area is 289 Å². The number of esters is 2. The van der Waals surface area contributed by atoms with Crippen LogP contribution in [0.3, 0.4) is 0 Å². The maximum absolute atomic E-state index is 13.0. The summed E-state index contributed by atoms with van der Waals surface area (Å²) in [5.74, 6) is -0.200. The van der Waals surface area contributed by atoms with E-state index in [0.717, 1.165) is 45.2 Å². The van der Waals surface area contributed by atoms with E-state index in [0.29, 0.717) is 51.7 Å². The third kappa shape index (κ3) is 22.6. The fraction of sp³-hybridized carbons (Fsp3) is 0.923. The first-order valence-electron chi connectivity index (χ1n) is 19.8. The highest BCUT2D eigenvalue weighted by molar-refractivity contribution is 5.76. The molecular weight excluding hydrogens is 592 g/mol. The molecule has 1 aliphatic rings. The molecule has 1 aliphatic heterocycles. The van der Waals surface area contributed by atoms with Crippen molar-refractivity contribution < 1.29 is 29.0 Å². The van der Waals surface area contributed by atoms with Crippen molar-refractivity contribution in [2.45, 2.75) is 175 Å². The number of unbranched alkanes of at least 4 members (excludes halogenated alkanes) is 16. The number of likely N-dealkylation sites (tertiary alicyclic amines) is 1. The Kier molecular flexibility index (Phi) is 27.0. The summed E-state index contributed by atoms with van der Waals surface area (Å²) in [5.41, 5.74) is -0.445. The van der Waals surface area contributed by atoms with Gasteiger partial charge in [0, 0.05) is 44.3 Å². The Morgan fingerprint density at radius 1 is 0.596 bits per heavy atom. The zero-order valence-electron chi connectivity index (χ0n) is 31.0. The Bertz CT molecular complexity index is 743. The number of ether oxygens (including phenoxy) is 2. The molecular formula is C39H74N2O6. The number of hydrogen-bond acceptors (Lipinski definition) is 7. The van der Waals surface area contributed by atoms with Gasteiger partial charge >= 0.3 is 11.9 Å². The molecule has 8 heteroatoms. The van der Waals surface area contributed by atoms with Gasteiger partial charge in [-0.1, -0.05) is 124 Å². The first-order chi connectivity index (χ1) is 22.9. The number of hydrogen-bond donors (Lipinski definition) is 1. The summed E-state index contributed by atoms with van der Waals surface area (Å²) in [6.07, 6.45) is 25.1. The minimum Gasteiger partial charge on any atom is -0.465 e. The summed E-state index contributed by atoms with van der Waals surface area (Å²) < 4.78 is 11.6. The summed E-state index contributed by atoms with van der Waals surface area (Å²) >= 11 is 0. The molecule has 47 heavy (non-hydrogen) atoms. The molecule has 0 atom stereocenters. The molecule has 0 radical (unpaired) electrons. The zero-order valence-corrected chi connectivity index (χ0v) is 31.0. The topological polar surface area (TPSA) is 96.4 Å². The molecule has 8 nitrogen and oxygen atoms in total. The van der Waals surface area contributed by atoms with Crippen LogP contribution in [0.4, 0.5) is 0 Å². The lowest BCUT2D eigenvalue weighted by Gasteiger charge is -2.41. The van der Waals surface area contributed by atoms with Crippen molar-refractivity contribution in [1.82, 2.24) is 9.80 Å². The minimum absolute atomic E-state index is 0.129. The van der Waals surface area contributed by atoms with Gasteiger partial charge in [0.15, 0.2) is 0 Å². The molecule has 0 aromatic carbocycles. The minimum atomic E-state index is -0.445. The highest BCUT2D eigenvalue weighted by Crippen LogP contribution is 2.33. The van der Waals surface area contributed by atoms with Gasteiger partial charge in [-0.05, 0) is 45.2 Å². The lowest BCUT2D eigenvalue weighted by atomic mass is 9.79. The highest BCUT2D eigenvalue weighted by atomic mass is 16.5. The van der Waals surface area contributed by atoms with Crippen LogP contribution in [0.5, 0.6) is 0 Å². The second-order valence-corrected chi connectivity index (χ2v) is 14.1. The standard InChI is InChI=1S/C39H74N2O6/c1-4-7-9-11-13-15-17-19-21-25-37(44)46-34-39(35-47-38(45)26-22-20-18-16-14-12-10-8-5-2)27-30-41(31-28-39)36(43)24-23-29-40(6-3)32-33-42/h42H,4-35H2,1-3H3. The van der Waals surface area contributed by atoms with E-state index in [9.17, 15) is 19.5 Å². The molecule has 1 fully saturated rings. The number of likely N-dealkylation sites (N-methyl/N-ethyl adjacent to an activating group) is 1. The van der Waals surface area contributed by atoms with Gasteiger partial charge in [0.05, 0.1) is 6.61 Å².